The standard InChI is InChI=1S/C10H16N2OS/c1-8-4-12-10(14-8)6-11-5-9-2-3-13-7-9/h4,9,11H,2-3,5-7H2,1H3. The first-order chi connectivity index (χ1) is 6.84. The average Bonchev–Trinajstić information content (AvgIpc) is 2.77. The number of hydrogen-bond donors (Lipinski definition) is 1. The number of ether oxygens (including phenoxy) is 1. The fraction of sp³-hybridized carbons (Fsp3) is 0.700. The van der Waals surface area contributed by atoms with Gasteiger partial charge in [0.05, 0.1) is 6.61 Å². The summed E-state index contributed by atoms with van der Waals surface area (Å²) in [5.74, 6) is 0.705. The highest BCUT2D eigenvalue weighted by molar-refractivity contribution is 7.11. The van der Waals surface area contributed by atoms with Gasteiger partial charge >= 0.3 is 0 Å². The van der Waals surface area contributed by atoms with Crippen molar-refractivity contribution in [3.63, 3.8) is 0 Å². The van der Waals surface area contributed by atoms with Crippen LogP contribution in [0.15, 0.2) is 6.20 Å². The number of rotatable bonds is 4. The molecule has 1 aromatic heterocycles. The molecule has 0 saturated carbocycles. The number of aryl methyl sites for hydroxylation is 1. The van der Waals surface area contributed by atoms with Crippen LogP contribution in [0.2, 0.25) is 0 Å². The van der Waals surface area contributed by atoms with E-state index in [1.807, 2.05) is 6.20 Å². The van der Waals surface area contributed by atoms with Gasteiger partial charge in [-0.25, -0.2) is 4.98 Å². The lowest BCUT2D eigenvalue weighted by atomic mass is 10.1. The SMILES string of the molecule is Cc1cnc(CNCC2CCOC2)s1. The van der Waals surface area contributed by atoms with E-state index in [0.717, 1.165) is 26.3 Å². The summed E-state index contributed by atoms with van der Waals surface area (Å²) in [6, 6.07) is 0. The van der Waals surface area contributed by atoms with Crippen molar-refractivity contribution in [3.05, 3.63) is 16.1 Å². The molecule has 78 valence electrons. The van der Waals surface area contributed by atoms with Gasteiger partial charge in [0.25, 0.3) is 0 Å². The molecule has 2 rings (SSSR count). The van der Waals surface area contributed by atoms with E-state index in [2.05, 4.69) is 17.2 Å². The lowest BCUT2D eigenvalue weighted by Gasteiger charge is -2.07. The molecule has 1 atom stereocenters. The maximum atomic E-state index is 5.31. The van der Waals surface area contributed by atoms with Crippen molar-refractivity contribution >= 4 is 11.3 Å². The fourth-order valence-corrected chi connectivity index (χ4v) is 2.37. The van der Waals surface area contributed by atoms with Crippen molar-refractivity contribution in [2.75, 3.05) is 19.8 Å². The molecule has 1 aromatic rings. The highest BCUT2D eigenvalue weighted by atomic mass is 32.1. The van der Waals surface area contributed by atoms with Crippen LogP contribution in [0.1, 0.15) is 16.3 Å². The van der Waals surface area contributed by atoms with Crippen molar-refractivity contribution in [1.82, 2.24) is 10.3 Å². The molecule has 2 heterocycles. The van der Waals surface area contributed by atoms with Crippen LogP contribution >= 0.6 is 11.3 Å². The molecule has 0 spiro atoms. The third-order valence-electron chi connectivity index (χ3n) is 2.40. The van der Waals surface area contributed by atoms with Crippen LogP contribution in [0.4, 0.5) is 0 Å². The second kappa shape index (κ2) is 4.87. The molecule has 14 heavy (non-hydrogen) atoms. The van der Waals surface area contributed by atoms with E-state index in [0.29, 0.717) is 5.92 Å². The van der Waals surface area contributed by atoms with Crippen LogP contribution in [0.25, 0.3) is 0 Å². The van der Waals surface area contributed by atoms with Crippen LogP contribution in [0.3, 0.4) is 0 Å². The van der Waals surface area contributed by atoms with Crippen molar-refractivity contribution in [3.8, 4) is 0 Å². The predicted molar refractivity (Wildman–Crippen MR) is 57.5 cm³/mol. The van der Waals surface area contributed by atoms with Crippen LogP contribution in [-0.2, 0) is 11.3 Å². The highest BCUT2D eigenvalue weighted by Crippen LogP contribution is 2.13. The maximum Gasteiger partial charge on any atom is 0.107 e. The highest BCUT2D eigenvalue weighted by Gasteiger charge is 2.14. The van der Waals surface area contributed by atoms with Crippen molar-refractivity contribution in [1.29, 1.82) is 0 Å². The first-order valence-corrected chi connectivity index (χ1v) is 5.86. The summed E-state index contributed by atoms with van der Waals surface area (Å²) in [6.07, 6.45) is 3.13. The normalized spacial score (nSPS) is 21.6. The molecule has 0 amide bonds. The molecule has 1 aliphatic rings. The number of aromatic nitrogens is 1. The van der Waals surface area contributed by atoms with Gasteiger partial charge in [-0.3, -0.25) is 0 Å². The first-order valence-electron chi connectivity index (χ1n) is 5.04. The van der Waals surface area contributed by atoms with Crippen molar-refractivity contribution in [2.45, 2.75) is 19.9 Å². The van der Waals surface area contributed by atoms with Crippen LogP contribution in [0, 0.1) is 12.8 Å². The third-order valence-corrected chi connectivity index (χ3v) is 3.32. The summed E-state index contributed by atoms with van der Waals surface area (Å²) in [5, 5.41) is 4.61. The van der Waals surface area contributed by atoms with Gasteiger partial charge in [0.2, 0.25) is 0 Å². The second-order valence-corrected chi connectivity index (χ2v) is 5.04. The number of nitrogens with one attached hydrogen (secondary N) is 1. The molecule has 0 aliphatic carbocycles. The Bertz CT molecular complexity index is 281. The topological polar surface area (TPSA) is 34.2 Å². The Balaban J connectivity index is 1.67. The molecule has 1 fully saturated rings. The summed E-state index contributed by atoms with van der Waals surface area (Å²) < 4.78 is 5.31. The Kier molecular flexibility index (Phi) is 3.50. The lowest BCUT2D eigenvalue weighted by Crippen LogP contribution is -2.22. The molecular formula is C10H16N2OS. The molecule has 0 aromatic carbocycles. The van der Waals surface area contributed by atoms with E-state index in [1.165, 1.54) is 16.3 Å². The third kappa shape index (κ3) is 2.77. The van der Waals surface area contributed by atoms with Gasteiger partial charge in [-0.1, -0.05) is 0 Å². The van der Waals surface area contributed by atoms with Crippen LogP contribution in [-0.4, -0.2) is 24.7 Å². The summed E-state index contributed by atoms with van der Waals surface area (Å²) in [5.41, 5.74) is 0. The van der Waals surface area contributed by atoms with E-state index in [9.17, 15) is 0 Å². The van der Waals surface area contributed by atoms with Gasteiger partial charge in [0.15, 0.2) is 0 Å². The largest absolute Gasteiger partial charge is 0.381 e. The summed E-state index contributed by atoms with van der Waals surface area (Å²) in [6.45, 7) is 5.90. The van der Waals surface area contributed by atoms with Gasteiger partial charge in [0, 0.05) is 30.8 Å². The minimum Gasteiger partial charge on any atom is -0.381 e. The van der Waals surface area contributed by atoms with Crippen LogP contribution < -0.4 is 5.32 Å². The fourth-order valence-electron chi connectivity index (χ4n) is 1.61. The molecule has 1 aliphatic heterocycles. The van der Waals surface area contributed by atoms with Crippen molar-refractivity contribution < 1.29 is 4.74 Å². The zero-order valence-electron chi connectivity index (χ0n) is 8.45. The quantitative estimate of drug-likeness (QED) is 0.822. The minimum atomic E-state index is 0.705. The van der Waals surface area contributed by atoms with E-state index < -0.39 is 0 Å². The molecule has 0 bridgehead atoms. The monoisotopic (exact) mass is 212 g/mol. The molecule has 0 radical (unpaired) electrons. The van der Waals surface area contributed by atoms with Crippen LogP contribution in [0.5, 0.6) is 0 Å². The summed E-state index contributed by atoms with van der Waals surface area (Å²) in [7, 11) is 0. The van der Waals surface area contributed by atoms with Crippen molar-refractivity contribution in [2.24, 2.45) is 5.92 Å². The number of nitrogens with zero attached hydrogens (tertiary/aromatic N) is 1. The molecule has 1 saturated heterocycles. The van der Waals surface area contributed by atoms with Gasteiger partial charge in [-0.2, -0.15) is 0 Å². The minimum absolute atomic E-state index is 0.705. The zero-order valence-corrected chi connectivity index (χ0v) is 9.27. The maximum absolute atomic E-state index is 5.31. The molecule has 1 unspecified atom stereocenters. The number of thiazole rings is 1. The smallest absolute Gasteiger partial charge is 0.107 e. The van der Waals surface area contributed by atoms with Gasteiger partial charge in [-0.15, -0.1) is 11.3 Å². The Morgan fingerprint density at radius 3 is 3.29 bits per heavy atom. The molecule has 1 N–H and O–H groups in total. The molecular weight excluding hydrogens is 196 g/mol. The van der Waals surface area contributed by atoms with E-state index in [4.69, 9.17) is 4.74 Å². The van der Waals surface area contributed by atoms with Gasteiger partial charge in [-0.05, 0) is 19.3 Å². The average molecular weight is 212 g/mol. The van der Waals surface area contributed by atoms with E-state index in [-0.39, 0.29) is 0 Å². The Morgan fingerprint density at radius 2 is 2.64 bits per heavy atom. The lowest BCUT2D eigenvalue weighted by molar-refractivity contribution is 0.185. The summed E-state index contributed by atoms with van der Waals surface area (Å²) >= 11 is 1.77. The molecule has 3 nitrogen and oxygen atoms in total. The number of hydrogen-bond acceptors (Lipinski definition) is 4. The van der Waals surface area contributed by atoms with Gasteiger partial charge < -0.3 is 10.1 Å². The first kappa shape index (κ1) is 10.1. The van der Waals surface area contributed by atoms with Gasteiger partial charge in [0.1, 0.15) is 5.01 Å². The zero-order chi connectivity index (χ0) is 9.80. The predicted octanol–water partition coefficient (Wildman–Crippen LogP) is 1.58. The Labute approximate surface area is 88.5 Å². The van der Waals surface area contributed by atoms with E-state index >= 15 is 0 Å². The van der Waals surface area contributed by atoms with E-state index in [1.54, 1.807) is 11.3 Å². The second-order valence-electron chi connectivity index (χ2n) is 3.73. The summed E-state index contributed by atoms with van der Waals surface area (Å²) in [4.78, 5) is 5.59. The molecule has 4 heteroatoms. The Morgan fingerprint density at radius 1 is 1.71 bits per heavy atom. The Hall–Kier alpha value is -0.450.